The van der Waals surface area contributed by atoms with Crippen LogP contribution in [0.4, 0.5) is 0 Å². The zero-order valence-electron chi connectivity index (χ0n) is 10.4. The number of ether oxygens (including phenoxy) is 2. The molecule has 0 radical (unpaired) electrons. The first kappa shape index (κ1) is 12.1. The van der Waals surface area contributed by atoms with Gasteiger partial charge in [0.25, 0.3) is 0 Å². The average molecular weight is 224 g/mol. The fourth-order valence-electron chi connectivity index (χ4n) is 2.58. The predicted molar refractivity (Wildman–Crippen MR) is 65.3 cm³/mol. The minimum absolute atomic E-state index is 0.0629. The van der Waals surface area contributed by atoms with E-state index in [1.165, 1.54) is 38.5 Å². The Morgan fingerprint density at radius 2 is 2.31 bits per heavy atom. The van der Waals surface area contributed by atoms with Gasteiger partial charge in [0, 0.05) is 6.61 Å². The van der Waals surface area contributed by atoms with Crippen LogP contribution in [0.1, 0.15) is 58.3 Å². The van der Waals surface area contributed by atoms with E-state index < -0.39 is 0 Å². The lowest BCUT2D eigenvalue weighted by molar-refractivity contribution is -0.184. The second kappa shape index (κ2) is 6.41. The Hall–Kier alpha value is -0.340. The lowest BCUT2D eigenvalue weighted by Gasteiger charge is -2.27. The van der Waals surface area contributed by atoms with Crippen molar-refractivity contribution in [3.05, 3.63) is 11.6 Å². The molecule has 2 nitrogen and oxygen atoms in total. The van der Waals surface area contributed by atoms with Crippen LogP contribution in [0.25, 0.3) is 0 Å². The molecule has 0 aromatic heterocycles. The standard InChI is InChI=1S/C14H24O2/c1-12(11-13-7-3-2-4-8-13)16-14-9-5-6-10-15-14/h7,12,14H,2-6,8-11H2,1H3. The first-order chi connectivity index (χ1) is 7.84. The molecule has 1 fully saturated rings. The van der Waals surface area contributed by atoms with E-state index in [0.29, 0.717) is 6.10 Å². The van der Waals surface area contributed by atoms with Gasteiger partial charge in [0.2, 0.25) is 0 Å². The minimum Gasteiger partial charge on any atom is -0.353 e. The topological polar surface area (TPSA) is 18.5 Å². The van der Waals surface area contributed by atoms with Gasteiger partial charge < -0.3 is 9.47 Å². The van der Waals surface area contributed by atoms with Crippen molar-refractivity contribution in [2.45, 2.75) is 70.7 Å². The Morgan fingerprint density at radius 1 is 1.38 bits per heavy atom. The highest BCUT2D eigenvalue weighted by atomic mass is 16.7. The summed E-state index contributed by atoms with van der Waals surface area (Å²) in [6.45, 7) is 3.05. The summed E-state index contributed by atoms with van der Waals surface area (Å²) in [6.07, 6.45) is 12.7. The molecule has 2 aliphatic rings. The van der Waals surface area contributed by atoms with Crippen molar-refractivity contribution in [1.82, 2.24) is 0 Å². The summed E-state index contributed by atoms with van der Waals surface area (Å²) in [5, 5.41) is 0. The van der Waals surface area contributed by atoms with Gasteiger partial charge in [0.1, 0.15) is 0 Å². The lowest BCUT2D eigenvalue weighted by atomic mass is 9.95. The molecule has 1 aliphatic heterocycles. The van der Waals surface area contributed by atoms with Crippen LogP contribution < -0.4 is 0 Å². The fraction of sp³-hybridized carbons (Fsp3) is 0.857. The van der Waals surface area contributed by atoms with Crippen LogP contribution in [-0.2, 0) is 9.47 Å². The zero-order valence-corrected chi connectivity index (χ0v) is 10.4. The average Bonchev–Trinajstić information content (AvgIpc) is 2.31. The maximum Gasteiger partial charge on any atom is 0.157 e. The van der Waals surface area contributed by atoms with Crippen LogP contribution in [0.15, 0.2) is 11.6 Å². The van der Waals surface area contributed by atoms with E-state index in [1.54, 1.807) is 5.57 Å². The van der Waals surface area contributed by atoms with E-state index in [2.05, 4.69) is 13.0 Å². The van der Waals surface area contributed by atoms with Gasteiger partial charge in [0.15, 0.2) is 6.29 Å². The van der Waals surface area contributed by atoms with Gasteiger partial charge in [-0.1, -0.05) is 11.6 Å². The van der Waals surface area contributed by atoms with Gasteiger partial charge in [-0.05, 0) is 58.3 Å². The molecule has 0 spiro atoms. The summed E-state index contributed by atoms with van der Waals surface area (Å²) < 4.78 is 11.5. The van der Waals surface area contributed by atoms with E-state index in [9.17, 15) is 0 Å². The van der Waals surface area contributed by atoms with E-state index in [0.717, 1.165) is 19.4 Å². The second-order valence-electron chi connectivity index (χ2n) is 5.06. The molecule has 92 valence electrons. The molecule has 2 unspecified atom stereocenters. The molecular weight excluding hydrogens is 200 g/mol. The van der Waals surface area contributed by atoms with Gasteiger partial charge in [-0.3, -0.25) is 0 Å². The Balaban J connectivity index is 1.70. The Labute approximate surface area is 99.0 Å². The molecule has 1 saturated heterocycles. The van der Waals surface area contributed by atoms with E-state index in [-0.39, 0.29) is 6.29 Å². The largest absolute Gasteiger partial charge is 0.353 e. The van der Waals surface area contributed by atoms with Crippen LogP contribution in [-0.4, -0.2) is 19.0 Å². The van der Waals surface area contributed by atoms with E-state index >= 15 is 0 Å². The highest BCUT2D eigenvalue weighted by Crippen LogP contribution is 2.24. The summed E-state index contributed by atoms with van der Waals surface area (Å²) >= 11 is 0. The molecule has 2 rings (SSSR count). The molecular formula is C14H24O2. The third-order valence-electron chi connectivity index (χ3n) is 3.46. The molecule has 0 bridgehead atoms. The van der Waals surface area contributed by atoms with Crippen molar-refractivity contribution in [2.24, 2.45) is 0 Å². The number of rotatable bonds is 4. The van der Waals surface area contributed by atoms with Crippen LogP contribution in [0, 0.1) is 0 Å². The van der Waals surface area contributed by atoms with Crippen LogP contribution in [0.3, 0.4) is 0 Å². The number of hydrogen-bond acceptors (Lipinski definition) is 2. The molecule has 2 heteroatoms. The Morgan fingerprint density at radius 3 is 3.00 bits per heavy atom. The van der Waals surface area contributed by atoms with E-state index in [4.69, 9.17) is 9.47 Å². The third kappa shape index (κ3) is 3.91. The quantitative estimate of drug-likeness (QED) is 0.676. The highest BCUT2D eigenvalue weighted by Gasteiger charge is 2.18. The molecule has 0 N–H and O–H groups in total. The van der Waals surface area contributed by atoms with Gasteiger partial charge in [-0.25, -0.2) is 0 Å². The van der Waals surface area contributed by atoms with Gasteiger partial charge in [-0.2, -0.15) is 0 Å². The molecule has 0 amide bonds. The number of hydrogen-bond donors (Lipinski definition) is 0. The second-order valence-corrected chi connectivity index (χ2v) is 5.06. The maximum atomic E-state index is 5.93. The van der Waals surface area contributed by atoms with Crippen molar-refractivity contribution in [1.29, 1.82) is 0 Å². The fourth-order valence-corrected chi connectivity index (χ4v) is 2.58. The normalized spacial score (nSPS) is 28.6. The van der Waals surface area contributed by atoms with Crippen LogP contribution >= 0.6 is 0 Å². The minimum atomic E-state index is 0.0629. The molecule has 0 saturated carbocycles. The molecule has 1 aliphatic carbocycles. The molecule has 0 aromatic carbocycles. The summed E-state index contributed by atoms with van der Waals surface area (Å²) in [6, 6.07) is 0. The smallest absolute Gasteiger partial charge is 0.157 e. The predicted octanol–water partition coefficient (Wildman–Crippen LogP) is 3.81. The third-order valence-corrected chi connectivity index (χ3v) is 3.46. The van der Waals surface area contributed by atoms with Gasteiger partial charge in [-0.15, -0.1) is 0 Å². The first-order valence-corrected chi connectivity index (χ1v) is 6.79. The summed E-state index contributed by atoms with van der Waals surface area (Å²) in [7, 11) is 0. The Bertz CT molecular complexity index is 229. The Kier molecular flexibility index (Phi) is 4.86. The van der Waals surface area contributed by atoms with Crippen molar-refractivity contribution >= 4 is 0 Å². The molecule has 16 heavy (non-hydrogen) atoms. The van der Waals surface area contributed by atoms with E-state index in [1.807, 2.05) is 0 Å². The summed E-state index contributed by atoms with van der Waals surface area (Å²) in [5.74, 6) is 0. The van der Waals surface area contributed by atoms with Crippen molar-refractivity contribution in [2.75, 3.05) is 6.61 Å². The molecule has 1 heterocycles. The number of allylic oxidation sites excluding steroid dienone is 1. The SMILES string of the molecule is CC(CC1=CCCCC1)OC1CCCCO1. The van der Waals surface area contributed by atoms with Crippen molar-refractivity contribution in [3.8, 4) is 0 Å². The van der Waals surface area contributed by atoms with Gasteiger partial charge in [0.05, 0.1) is 6.10 Å². The van der Waals surface area contributed by atoms with Crippen LogP contribution in [0.5, 0.6) is 0 Å². The highest BCUT2D eigenvalue weighted by molar-refractivity contribution is 5.05. The molecule has 0 aromatic rings. The van der Waals surface area contributed by atoms with Gasteiger partial charge >= 0.3 is 0 Å². The van der Waals surface area contributed by atoms with Crippen molar-refractivity contribution < 1.29 is 9.47 Å². The summed E-state index contributed by atoms with van der Waals surface area (Å²) in [5.41, 5.74) is 1.59. The molecule has 2 atom stereocenters. The van der Waals surface area contributed by atoms with Crippen LogP contribution in [0.2, 0.25) is 0 Å². The first-order valence-electron chi connectivity index (χ1n) is 6.79. The maximum absolute atomic E-state index is 5.93. The lowest BCUT2D eigenvalue weighted by Crippen LogP contribution is -2.26. The van der Waals surface area contributed by atoms with Crippen molar-refractivity contribution in [3.63, 3.8) is 0 Å². The zero-order chi connectivity index (χ0) is 11.2. The monoisotopic (exact) mass is 224 g/mol. The summed E-state index contributed by atoms with van der Waals surface area (Å²) in [4.78, 5) is 0.